The fraction of sp³-hybridized carbons (Fsp3) is 0.0714. The number of aryl methyl sites for hydroxylation is 1. The summed E-state index contributed by atoms with van der Waals surface area (Å²) < 4.78 is 14.3. The van der Waals surface area contributed by atoms with Crippen molar-refractivity contribution in [2.75, 3.05) is 11.1 Å². The third-order valence-electron chi connectivity index (χ3n) is 2.72. The number of carbonyl (C=O) groups excluding carboxylic acids is 1. The molecular formula is C14H12BrFN2O. The lowest BCUT2D eigenvalue weighted by Gasteiger charge is -2.11. The van der Waals surface area contributed by atoms with Crippen LogP contribution in [0.1, 0.15) is 15.9 Å². The summed E-state index contributed by atoms with van der Waals surface area (Å²) in [4.78, 5) is 12.0. The first kappa shape index (κ1) is 13.5. The molecule has 0 heterocycles. The molecule has 0 aliphatic heterocycles. The zero-order chi connectivity index (χ0) is 14.0. The second-order valence-electron chi connectivity index (χ2n) is 4.12. The van der Waals surface area contributed by atoms with Gasteiger partial charge in [-0.15, -0.1) is 0 Å². The van der Waals surface area contributed by atoms with E-state index in [9.17, 15) is 9.18 Å². The van der Waals surface area contributed by atoms with Crippen molar-refractivity contribution in [2.24, 2.45) is 0 Å². The van der Waals surface area contributed by atoms with Gasteiger partial charge in [0.25, 0.3) is 5.91 Å². The number of rotatable bonds is 2. The number of nitrogens with one attached hydrogen (secondary N) is 1. The number of benzene rings is 2. The van der Waals surface area contributed by atoms with Gasteiger partial charge in [-0.25, -0.2) is 4.39 Å². The van der Waals surface area contributed by atoms with Crippen molar-refractivity contribution >= 4 is 33.2 Å². The van der Waals surface area contributed by atoms with Gasteiger partial charge in [-0.3, -0.25) is 4.79 Å². The SMILES string of the molecule is Cc1cccc(N)c1NC(=O)c1ccc(Br)cc1F. The van der Waals surface area contributed by atoms with Gasteiger partial charge < -0.3 is 11.1 Å². The minimum Gasteiger partial charge on any atom is -0.397 e. The summed E-state index contributed by atoms with van der Waals surface area (Å²) in [6.45, 7) is 1.82. The molecule has 3 nitrogen and oxygen atoms in total. The van der Waals surface area contributed by atoms with Gasteiger partial charge in [0.1, 0.15) is 5.82 Å². The maximum absolute atomic E-state index is 13.7. The van der Waals surface area contributed by atoms with E-state index in [0.29, 0.717) is 15.8 Å². The quantitative estimate of drug-likeness (QED) is 0.828. The third-order valence-corrected chi connectivity index (χ3v) is 3.21. The average Bonchev–Trinajstić information content (AvgIpc) is 2.33. The Labute approximate surface area is 118 Å². The first-order valence-electron chi connectivity index (χ1n) is 5.60. The van der Waals surface area contributed by atoms with Gasteiger partial charge in [0.2, 0.25) is 0 Å². The van der Waals surface area contributed by atoms with Crippen LogP contribution >= 0.6 is 15.9 Å². The van der Waals surface area contributed by atoms with Crippen LogP contribution in [0.25, 0.3) is 0 Å². The number of amides is 1. The lowest BCUT2D eigenvalue weighted by atomic mass is 10.1. The van der Waals surface area contributed by atoms with Crippen molar-refractivity contribution in [1.29, 1.82) is 0 Å². The fourth-order valence-electron chi connectivity index (χ4n) is 1.72. The summed E-state index contributed by atoms with van der Waals surface area (Å²) in [6.07, 6.45) is 0. The van der Waals surface area contributed by atoms with Gasteiger partial charge in [-0.05, 0) is 36.8 Å². The minimum absolute atomic E-state index is 0.0224. The number of hydrogen-bond acceptors (Lipinski definition) is 2. The Hall–Kier alpha value is -1.88. The summed E-state index contributed by atoms with van der Waals surface area (Å²) in [7, 11) is 0. The summed E-state index contributed by atoms with van der Waals surface area (Å²) in [6, 6.07) is 9.57. The van der Waals surface area contributed by atoms with E-state index >= 15 is 0 Å². The van der Waals surface area contributed by atoms with E-state index in [1.165, 1.54) is 12.1 Å². The molecule has 1 amide bonds. The van der Waals surface area contributed by atoms with Gasteiger partial charge in [0.05, 0.1) is 16.9 Å². The zero-order valence-corrected chi connectivity index (χ0v) is 11.8. The van der Waals surface area contributed by atoms with Crippen molar-refractivity contribution in [1.82, 2.24) is 0 Å². The summed E-state index contributed by atoms with van der Waals surface area (Å²) in [5, 5.41) is 2.64. The summed E-state index contributed by atoms with van der Waals surface area (Å²) >= 11 is 3.14. The largest absolute Gasteiger partial charge is 0.397 e. The molecule has 2 aromatic carbocycles. The number of carbonyl (C=O) groups is 1. The molecule has 0 bridgehead atoms. The average molecular weight is 323 g/mol. The van der Waals surface area contributed by atoms with Crippen LogP contribution in [0.15, 0.2) is 40.9 Å². The predicted molar refractivity (Wildman–Crippen MR) is 77.6 cm³/mol. The zero-order valence-electron chi connectivity index (χ0n) is 10.2. The maximum atomic E-state index is 13.7. The van der Waals surface area contributed by atoms with E-state index in [2.05, 4.69) is 21.2 Å². The normalized spacial score (nSPS) is 10.3. The third kappa shape index (κ3) is 2.93. The molecular weight excluding hydrogens is 311 g/mol. The van der Waals surface area contributed by atoms with E-state index in [1.807, 2.05) is 13.0 Å². The Morgan fingerprint density at radius 1 is 1.32 bits per heavy atom. The van der Waals surface area contributed by atoms with Gasteiger partial charge in [-0.1, -0.05) is 28.1 Å². The topological polar surface area (TPSA) is 55.1 Å². The number of nitrogen functional groups attached to an aromatic ring is 1. The monoisotopic (exact) mass is 322 g/mol. The Bertz CT molecular complexity index is 623. The Morgan fingerprint density at radius 2 is 2.05 bits per heavy atom. The second kappa shape index (κ2) is 5.40. The fourth-order valence-corrected chi connectivity index (χ4v) is 2.05. The molecule has 0 aromatic heterocycles. The molecule has 19 heavy (non-hydrogen) atoms. The lowest BCUT2D eigenvalue weighted by molar-refractivity contribution is 0.102. The number of nitrogens with two attached hydrogens (primary N) is 1. The first-order valence-corrected chi connectivity index (χ1v) is 6.40. The van der Waals surface area contributed by atoms with Crippen LogP contribution in [0.2, 0.25) is 0 Å². The molecule has 0 aliphatic rings. The lowest BCUT2D eigenvalue weighted by Crippen LogP contribution is -2.15. The molecule has 5 heteroatoms. The maximum Gasteiger partial charge on any atom is 0.258 e. The highest BCUT2D eigenvalue weighted by Gasteiger charge is 2.14. The highest BCUT2D eigenvalue weighted by molar-refractivity contribution is 9.10. The Morgan fingerprint density at radius 3 is 2.68 bits per heavy atom. The van der Waals surface area contributed by atoms with Crippen molar-refractivity contribution in [3.05, 3.63) is 57.8 Å². The number of anilines is 2. The smallest absolute Gasteiger partial charge is 0.258 e. The Balaban J connectivity index is 2.31. The highest BCUT2D eigenvalue weighted by atomic mass is 79.9. The molecule has 0 atom stereocenters. The van der Waals surface area contributed by atoms with E-state index in [-0.39, 0.29) is 5.56 Å². The van der Waals surface area contributed by atoms with Gasteiger partial charge >= 0.3 is 0 Å². The first-order chi connectivity index (χ1) is 8.99. The molecule has 2 rings (SSSR count). The standard InChI is InChI=1S/C14H12BrFN2O/c1-8-3-2-4-12(17)13(8)18-14(19)10-6-5-9(15)7-11(10)16/h2-7H,17H2,1H3,(H,18,19). The Kier molecular flexibility index (Phi) is 3.85. The molecule has 2 aromatic rings. The van der Waals surface area contributed by atoms with Crippen LogP contribution in [-0.2, 0) is 0 Å². The molecule has 0 unspecified atom stereocenters. The number of halogens is 2. The molecule has 0 aliphatic carbocycles. The van der Waals surface area contributed by atoms with Crippen molar-refractivity contribution in [3.63, 3.8) is 0 Å². The van der Waals surface area contributed by atoms with E-state index in [4.69, 9.17) is 5.73 Å². The van der Waals surface area contributed by atoms with Crippen LogP contribution in [0.5, 0.6) is 0 Å². The van der Waals surface area contributed by atoms with Crippen molar-refractivity contribution < 1.29 is 9.18 Å². The van der Waals surface area contributed by atoms with Crippen LogP contribution in [0, 0.1) is 12.7 Å². The predicted octanol–water partition coefficient (Wildman–Crippen LogP) is 3.73. The number of para-hydroxylation sites is 1. The molecule has 98 valence electrons. The molecule has 0 fully saturated rings. The van der Waals surface area contributed by atoms with Crippen molar-refractivity contribution in [2.45, 2.75) is 6.92 Å². The summed E-state index contributed by atoms with van der Waals surface area (Å²) in [5.41, 5.74) is 7.56. The van der Waals surface area contributed by atoms with Gasteiger partial charge in [0, 0.05) is 4.47 Å². The van der Waals surface area contributed by atoms with Crippen molar-refractivity contribution in [3.8, 4) is 0 Å². The molecule has 0 saturated heterocycles. The van der Waals surface area contributed by atoms with E-state index < -0.39 is 11.7 Å². The van der Waals surface area contributed by atoms with Gasteiger partial charge in [-0.2, -0.15) is 0 Å². The van der Waals surface area contributed by atoms with E-state index in [0.717, 1.165) is 5.56 Å². The minimum atomic E-state index is -0.584. The summed E-state index contributed by atoms with van der Waals surface area (Å²) in [5.74, 6) is -1.11. The van der Waals surface area contributed by atoms with Crippen LogP contribution in [0.4, 0.5) is 15.8 Å². The van der Waals surface area contributed by atoms with Crippen LogP contribution in [0.3, 0.4) is 0 Å². The molecule has 0 saturated carbocycles. The van der Waals surface area contributed by atoms with Crippen LogP contribution < -0.4 is 11.1 Å². The molecule has 0 radical (unpaired) electrons. The molecule has 0 spiro atoms. The second-order valence-corrected chi connectivity index (χ2v) is 5.03. The van der Waals surface area contributed by atoms with Crippen LogP contribution in [-0.4, -0.2) is 5.91 Å². The molecule has 3 N–H and O–H groups in total. The highest BCUT2D eigenvalue weighted by Crippen LogP contribution is 2.24. The number of hydrogen-bond donors (Lipinski definition) is 2. The van der Waals surface area contributed by atoms with Gasteiger partial charge in [0.15, 0.2) is 0 Å². The van der Waals surface area contributed by atoms with E-state index in [1.54, 1.807) is 18.2 Å².